The van der Waals surface area contributed by atoms with Crippen LogP contribution in [0.15, 0.2) is 24.3 Å². The summed E-state index contributed by atoms with van der Waals surface area (Å²) in [5.41, 5.74) is 2.67. The van der Waals surface area contributed by atoms with Crippen molar-refractivity contribution >= 4 is 21.8 Å². The van der Waals surface area contributed by atoms with E-state index in [0.717, 1.165) is 31.3 Å². The lowest BCUT2D eigenvalue weighted by atomic mass is 10.0. The number of nitrogens with one attached hydrogen (secondary N) is 1. The van der Waals surface area contributed by atoms with Gasteiger partial charge in [0.15, 0.2) is 0 Å². The minimum absolute atomic E-state index is 0.101. The zero-order chi connectivity index (χ0) is 16.1. The van der Waals surface area contributed by atoms with Gasteiger partial charge in [0.05, 0.1) is 0 Å². The normalized spacial score (nSPS) is 19.7. The standard InChI is InChI=1S/C18H27BrN2O/c1-13(2)18(22)21-9-8-17(12-21)20-14(3)10-15-4-6-16(11-19)7-5-15/h4-7,13-14,17,20H,8-12H2,1-3H3/t14?,17-/m1/s1. The van der Waals surface area contributed by atoms with Crippen molar-refractivity contribution in [3.63, 3.8) is 0 Å². The molecule has 0 radical (unpaired) electrons. The van der Waals surface area contributed by atoms with Gasteiger partial charge in [0.1, 0.15) is 0 Å². The molecular weight excluding hydrogens is 340 g/mol. The Morgan fingerprint density at radius 2 is 1.91 bits per heavy atom. The predicted octanol–water partition coefficient (Wildman–Crippen LogP) is 3.36. The SMILES string of the molecule is CC(Cc1ccc(CBr)cc1)N[C@@H]1CCN(C(=O)C(C)C)C1. The number of hydrogen-bond acceptors (Lipinski definition) is 2. The number of alkyl halides is 1. The molecule has 1 aliphatic heterocycles. The Kier molecular flexibility index (Phi) is 6.45. The highest BCUT2D eigenvalue weighted by Gasteiger charge is 2.27. The van der Waals surface area contributed by atoms with Crippen molar-refractivity contribution in [3.8, 4) is 0 Å². The molecule has 0 spiro atoms. The zero-order valence-corrected chi connectivity index (χ0v) is 15.4. The highest BCUT2D eigenvalue weighted by Crippen LogP contribution is 2.15. The van der Waals surface area contributed by atoms with Crippen molar-refractivity contribution in [3.05, 3.63) is 35.4 Å². The van der Waals surface area contributed by atoms with Crippen molar-refractivity contribution < 1.29 is 4.79 Å². The van der Waals surface area contributed by atoms with Crippen LogP contribution in [0.25, 0.3) is 0 Å². The predicted molar refractivity (Wildman–Crippen MR) is 95.2 cm³/mol. The average molecular weight is 367 g/mol. The van der Waals surface area contributed by atoms with E-state index in [-0.39, 0.29) is 11.8 Å². The molecule has 4 heteroatoms. The molecule has 3 nitrogen and oxygen atoms in total. The first-order valence-corrected chi connectivity index (χ1v) is 9.30. The molecule has 2 rings (SSSR count). The van der Waals surface area contributed by atoms with Gasteiger partial charge < -0.3 is 10.2 Å². The average Bonchev–Trinajstić information content (AvgIpc) is 2.95. The van der Waals surface area contributed by atoms with Gasteiger partial charge in [-0.05, 0) is 30.9 Å². The zero-order valence-electron chi connectivity index (χ0n) is 13.8. The molecule has 122 valence electrons. The molecule has 1 aromatic rings. The number of benzene rings is 1. The minimum Gasteiger partial charge on any atom is -0.341 e. The van der Waals surface area contributed by atoms with Crippen molar-refractivity contribution in [2.45, 2.75) is 51.0 Å². The van der Waals surface area contributed by atoms with Gasteiger partial charge in [0, 0.05) is 36.4 Å². The number of nitrogens with zero attached hydrogens (tertiary/aromatic N) is 1. The van der Waals surface area contributed by atoms with E-state index in [1.807, 2.05) is 18.7 Å². The molecule has 1 amide bonds. The second kappa shape index (κ2) is 8.11. The molecule has 1 unspecified atom stereocenters. The smallest absolute Gasteiger partial charge is 0.225 e. The van der Waals surface area contributed by atoms with Crippen LogP contribution in [0.3, 0.4) is 0 Å². The van der Waals surface area contributed by atoms with Crippen LogP contribution >= 0.6 is 15.9 Å². The number of carbonyl (C=O) groups excluding carboxylic acids is 1. The summed E-state index contributed by atoms with van der Waals surface area (Å²) in [6.45, 7) is 7.92. The molecule has 0 aliphatic carbocycles. The van der Waals surface area contributed by atoms with Gasteiger partial charge in [0.2, 0.25) is 5.91 Å². The van der Waals surface area contributed by atoms with Crippen molar-refractivity contribution in [2.24, 2.45) is 5.92 Å². The first-order chi connectivity index (χ1) is 10.5. The largest absolute Gasteiger partial charge is 0.341 e. The fraction of sp³-hybridized carbons (Fsp3) is 0.611. The van der Waals surface area contributed by atoms with Crippen LogP contribution in [-0.2, 0) is 16.5 Å². The maximum absolute atomic E-state index is 12.0. The van der Waals surface area contributed by atoms with Crippen LogP contribution in [0.2, 0.25) is 0 Å². The summed E-state index contributed by atoms with van der Waals surface area (Å²) in [6.07, 6.45) is 2.09. The van der Waals surface area contributed by atoms with Gasteiger partial charge in [0.25, 0.3) is 0 Å². The van der Waals surface area contributed by atoms with Gasteiger partial charge in [-0.1, -0.05) is 54.0 Å². The summed E-state index contributed by atoms with van der Waals surface area (Å²) in [4.78, 5) is 14.0. The third-order valence-corrected chi connectivity index (χ3v) is 4.88. The second-order valence-corrected chi connectivity index (χ2v) is 7.21. The number of amides is 1. The molecule has 2 atom stereocenters. The Morgan fingerprint density at radius 1 is 1.27 bits per heavy atom. The lowest BCUT2D eigenvalue weighted by Crippen LogP contribution is -2.41. The highest BCUT2D eigenvalue weighted by molar-refractivity contribution is 9.08. The number of hydrogen-bond donors (Lipinski definition) is 1. The van der Waals surface area contributed by atoms with Crippen LogP contribution in [0.5, 0.6) is 0 Å². The molecule has 22 heavy (non-hydrogen) atoms. The first kappa shape index (κ1) is 17.5. The summed E-state index contributed by atoms with van der Waals surface area (Å²) >= 11 is 3.47. The van der Waals surface area contributed by atoms with Crippen LogP contribution in [-0.4, -0.2) is 36.0 Å². The Morgan fingerprint density at radius 3 is 2.50 bits per heavy atom. The third kappa shape index (κ3) is 4.82. The molecular formula is C18H27BrN2O. The van der Waals surface area contributed by atoms with E-state index in [1.165, 1.54) is 11.1 Å². The van der Waals surface area contributed by atoms with E-state index in [9.17, 15) is 4.79 Å². The van der Waals surface area contributed by atoms with Gasteiger partial charge in [-0.15, -0.1) is 0 Å². The van der Waals surface area contributed by atoms with E-state index in [2.05, 4.69) is 52.4 Å². The van der Waals surface area contributed by atoms with Crippen molar-refractivity contribution in [2.75, 3.05) is 13.1 Å². The topological polar surface area (TPSA) is 32.3 Å². The van der Waals surface area contributed by atoms with Crippen LogP contribution in [0, 0.1) is 5.92 Å². The number of rotatable bonds is 6. The number of halogens is 1. The lowest BCUT2D eigenvalue weighted by molar-refractivity contribution is -0.133. The molecule has 0 bridgehead atoms. The Balaban J connectivity index is 1.80. The van der Waals surface area contributed by atoms with E-state index in [4.69, 9.17) is 0 Å². The summed E-state index contributed by atoms with van der Waals surface area (Å²) < 4.78 is 0. The maximum atomic E-state index is 12.0. The molecule has 1 saturated heterocycles. The lowest BCUT2D eigenvalue weighted by Gasteiger charge is -2.21. The Bertz CT molecular complexity index is 486. The van der Waals surface area contributed by atoms with Gasteiger partial charge in [-0.2, -0.15) is 0 Å². The molecule has 1 heterocycles. The Hall–Kier alpha value is -0.870. The van der Waals surface area contributed by atoms with E-state index < -0.39 is 0 Å². The van der Waals surface area contributed by atoms with Crippen LogP contribution in [0.4, 0.5) is 0 Å². The van der Waals surface area contributed by atoms with Gasteiger partial charge in [-0.3, -0.25) is 4.79 Å². The van der Waals surface area contributed by atoms with E-state index in [1.54, 1.807) is 0 Å². The van der Waals surface area contributed by atoms with Crippen LogP contribution in [0.1, 0.15) is 38.3 Å². The Labute approximate surface area is 142 Å². The van der Waals surface area contributed by atoms with Crippen LogP contribution < -0.4 is 5.32 Å². The highest BCUT2D eigenvalue weighted by atomic mass is 79.9. The van der Waals surface area contributed by atoms with E-state index in [0.29, 0.717) is 12.1 Å². The molecule has 0 aromatic heterocycles. The monoisotopic (exact) mass is 366 g/mol. The summed E-state index contributed by atoms with van der Waals surface area (Å²) in [6, 6.07) is 9.62. The fourth-order valence-electron chi connectivity index (χ4n) is 3.04. The first-order valence-electron chi connectivity index (χ1n) is 8.18. The summed E-state index contributed by atoms with van der Waals surface area (Å²) in [5.74, 6) is 0.381. The summed E-state index contributed by atoms with van der Waals surface area (Å²) in [5, 5.41) is 4.58. The maximum Gasteiger partial charge on any atom is 0.225 e. The van der Waals surface area contributed by atoms with E-state index >= 15 is 0 Å². The number of likely N-dealkylation sites (tertiary alicyclic amines) is 1. The molecule has 0 saturated carbocycles. The van der Waals surface area contributed by atoms with Gasteiger partial charge >= 0.3 is 0 Å². The molecule has 1 aliphatic rings. The quantitative estimate of drug-likeness (QED) is 0.782. The number of carbonyl (C=O) groups is 1. The fourth-order valence-corrected chi connectivity index (χ4v) is 3.41. The van der Waals surface area contributed by atoms with Crippen molar-refractivity contribution in [1.29, 1.82) is 0 Å². The second-order valence-electron chi connectivity index (χ2n) is 6.65. The third-order valence-electron chi connectivity index (χ3n) is 4.23. The molecule has 1 aromatic carbocycles. The minimum atomic E-state index is 0.101. The molecule has 1 N–H and O–H groups in total. The summed E-state index contributed by atoms with van der Waals surface area (Å²) in [7, 11) is 0. The van der Waals surface area contributed by atoms with Gasteiger partial charge in [-0.25, -0.2) is 0 Å². The molecule has 1 fully saturated rings. The van der Waals surface area contributed by atoms with Crippen molar-refractivity contribution in [1.82, 2.24) is 10.2 Å².